The van der Waals surface area contributed by atoms with Crippen molar-refractivity contribution >= 4 is 11.5 Å². The number of carbonyl (C=O) groups is 1. The first-order chi connectivity index (χ1) is 18.0. The van der Waals surface area contributed by atoms with Crippen LogP contribution in [0.25, 0.3) is 5.52 Å². The normalized spacial score (nSPS) is 24.9. The van der Waals surface area contributed by atoms with Crippen LogP contribution < -0.4 is 0 Å². The van der Waals surface area contributed by atoms with Crippen molar-refractivity contribution in [2.45, 2.75) is 56.4 Å². The van der Waals surface area contributed by atoms with Gasteiger partial charge in [-0.15, -0.1) is 0 Å². The molecule has 7 heteroatoms. The van der Waals surface area contributed by atoms with E-state index in [9.17, 15) is 14.3 Å². The Morgan fingerprint density at radius 1 is 1.08 bits per heavy atom. The number of nitrogens with zero attached hydrogens (tertiary/aromatic N) is 4. The number of carboxylic acid groups (broad SMARTS) is 1. The number of likely N-dealkylation sites (tertiary alicyclic amines) is 2. The molecule has 37 heavy (non-hydrogen) atoms. The lowest BCUT2D eigenvalue weighted by Crippen LogP contribution is -2.43. The summed E-state index contributed by atoms with van der Waals surface area (Å²) in [6.07, 6.45) is 10.4. The number of halogens is 1. The highest BCUT2D eigenvalue weighted by Crippen LogP contribution is 2.39. The zero-order valence-electron chi connectivity index (χ0n) is 21.4. The summed E-state index contributed by atoms with van der Waals surface area (Å²) in [4.78, 5) is 21.7. The quantitative estimate of drug-likeness (QED) is 0.467. The van der Waals surface area contributed by atoms with Crippen LogP contribution in [0.3, 0.4) is 0 Å². The van der Waals surface area contributed by atoms with Crippen molar-refractivity contribution in [3.63, 3.8) is 0 Å². The molecule has 6 nitrogen and oxygen atoms in total. The minimum atomic E-state index is -0.710. The Morgan fingerprint density at radius 3 is 2.65 bits per heavy atom. The van der Waals surface area contributed by atoms with Gasteiger partial charge in [-0.1, -0.05) is 37.5 Å². The van der Waals surface area contributed by atoms with E-state index in [1.165, 1.54) is 12.5 Å². The molecule has 1 N–H and O–H groups in total. The maximum atomic E-state index is 14.2. The number of carboxylic acids is 1. The highest BCUT2D eigenvalue weighted by molar-refractivity contribution is 5.73. The number of aromatic nitrogens is 2. The Morgan fingerprint density at radius 2 is 1.92 bits per heavy atom. The van der Waals surface area contributed by atoms with Crippen LogP contribution in [0.15, 0.2) is 54.9 Å². The van der Waals surface area contributed by atoms with Crippen molar-refractivity contribution in [3.8, 4) is 0 Å². The number of pyridine rings is 1. The average Bonchev–Trinajstić information content (AvgIpc) is 3.48. The molecule has 0 amide bonds. The van der Waals surface area contributed by atoms with Gasteiger partial charge in [0, 0.05) is 37.7 Å². The number of rotatable bonds is 8. The third kappa shape index (κ3) is 5.16. The van der Waals surface area contributed by atoms with Crippen molar-refractivity contribution in [1.29, 1.82) is 0 Å². The van der Waals surface area contributed by atoms with Crippen LogP contribution in [-0.4, -0.2) is 69.0 Å². The van der Waals surface area contributed by atoms with Crippen LogP contribution in [0.1, 0.15) is 61.7 Å². The fourth-order valence-corrected chi connectivity index (χ4v) is 6.88. The average molecular weight is 505 g/mol. The molecule has 1 saturated carbocycles. The number of piperidine rings is 1. The van der Waals surface area contributed by atoms with E-state index in [-0.39, 0.29) is 17.7 Å². The third-order valence-electron chi connectivity index (χ3n) is 9.17. The zero-order chi connectivity index (χ0) is 25.4. The minimum Gasteiger partial charge on any atom is -0.480 e. The molecule has 3 fully saturated rings. The molecule has 4 heterocycles. The van der Waals surface area contributed by atoms with Crippen LogP contribution in [0.2, 0.25) is 0 Å². The second-order valence-corrected chi connectivity index (χ2v) is 11.4. The summed E-state index contributed by atoms with van der Waals surface area (Å²) in [6.45, 7) is 4.37. The molecule has 196 valence electrons. The number of fused-ring (bicyclic) bond motifs is 1. The summed E-state index contributed by atoms with van der Waals surface area (Å²) in [5, 5.41) is 10.1. The Kier molecular flexibility index (Phi) is 7.00. The van der Waals surface area contributed by atoms with Gasteiger partial charge in [-0.3, -0.25) is 9.69 Å². The Bertz CT molecular complexity index is 1230. The second-order valence-electron chi connectivity index (χ2n) is 11.4. The molecule has 1 aromatic carbocycles. The maximum absolute atomic E-state index is 14.2. The minimum absolute atomic E-state index is 0.146. The number of imidazole rings is 1. The largest absolute Gasteiger partial charge is 0.480 e. The topological polar surface area (TPSA) is 61.1 Å². The lowest BCUT2D eigenvalue weighted by molar-refractivity contribution is -0.144. The highest BCUT2D eigenvalue weighted by Gasteiger charge is 2.41. The van der Waals surface area contributed by atoms with Gasteiger partial charge in [0.2, 0.25) is 0 Å². The van der Waals surface area contributed by atoms with Gasteiger partial charge in [-0.25, -0.2) is 9.37 Å². The molecule has 3 atom stereocenters. The standard InChI is InChI=1S/C30H37FN4O2/c31-25-8-4-7-23(16-25)27-20-34(28(30(36)37)15-21-5-3-6-21)19-24(27)18-33-13-10-22(11-14-33)29-32-17-26-9-1-2-12-35(26)29/h1-2,4,7-9,12,16-17,21-22,24,27-28H,3,5-6,10-11,13-15,18-20H2,(H,36,37)/t24?,27-,28+/m1/s1. The molecule has 0 radical (unpaired) electrons. The smallest absolute Gasteiger partial charge is 0.320 e. The summed E-state index contributed by atoms with van der Waals surface area (Å²) < 4.78 is 16.4. The molecule has 3 aliphatic rings. The van der Waals surface area contributed by atoms with E-state index in [2.05, 4.69) is 32.5 Å². The van der Waals surface area contributed by atoms with Gasteiger partial charge in [0.15, 0.2) is 0 Å². The lowest BCUT2D eigenvalue weighted by atomic mass is 9.80. The van der Waals surface area contributed by atoms with Crippen molar-refractivity contribution < 1.29 is 14.3 Å². The van der Waals surface area contributed by atoms with Crippen LogP contribution in [0.4, 0.5) is 4.39 Å². The molecule has 1 aliphatic carbocycles. The monoisotopic (exact) mass is 504 g/mol. The Balaban J connectivity index is 1.15. The summed E-state index contributed by atoms with van der Waals surface area (Å²) in [6, 6.07) is 12.7. The first-order valence-corrected chi connectivity index (χ1v) is 13.9. The van der Waals surface area contributed by atoms with Crippen LogP contribution in [0, 0.1) is 17.7 Å². The Labute approximate surface area is 218 Å². The molecular weight excluding hydrogens is 467 g/mol. The van der Waals surface area contributed by atoms with Crippen molar-refractivity contribution in [1.82, 2.24) is 19.2 Å². The molecule has 1 unspecified atom stereocenters. The SMILES string of the molecule is O=C(O)[C@H](CC1CCC1)N1CC(CN2CCC(c3ncc4ccccn34)CC2)[C@@H](c2cccc(F)c2)C1. The molecule has 6 rings (SSSR count). The number of hydrogen-bond acceptors (Lipinski definition) is 4. The maximum Gasteiger partial charge on any atom is 0.320 e. The molecular formula is C30H37FN4O2. The van der Waals surface area contributed by atoms with Gasteiger partial charge >= 0.3 is 5.97 Å². The molecule has 0 spiro atoms. The van der Waals surface area contributed by atoms with E-state index < -0.39 is 12.0 Å². The molecule has 2 saturated heterocycles. The summed E-state index contributed by atoms with van der Waals surface area (Å²) >= 11 is 0. The van der Waals surface area contributed by atoms with Crippen LogP contribution >= 0.6 is 0 Å². The van der Waals surface area contributed by atoms with E-state index in [1.807, 2.05) is 18.3 Å². The van der Waals surface area contributed by atoms with E-state index in [0.717, 1.165) is 75.2 Å². The van der Waals surface area contributed by atoms with Gasteiger partial charge in [0.1, 0.15) is 17.7 Å². The molecule has 2 aliphatic heterocycles. The van der Waals surface area contributed by atoms with Crippen molar-refractivity contribution in [2.75, 3.05) is 32.7 Å². The highest BCUT2D eigenvalue weighted by atomic mass is 19.1. The predicted molar refractivity (Wildman–Crippen MR) is 141 cm³/mol. The van der Waals surface area contributed by atoms with Crippen LogP contribution in [0.5, 0.6) is 0 Å². The van der Waals surface area contributed by atoms with Crippen LogP contribution in [-0.2, 0) is 4.79 Å². The number of aliphatic carboxylic acids is 1. The zero-order valence-corrected chi connectivity index (χ0v) is 21.4. The first kappa shape index (κ1) is 24.6. The van der Waals surface area contributed by atoms with Crippen molar-refractivity contribution in [2.24, 2.45) is 11.8 Å². The molecule has 2 aromatic heterocycles. The van der Waals surface area contributed by atoms with Gasteiger partial charge < -0.3 is 14.4 Å². The number of benzene rings is 1. The summed E-state index contributed by atoms with van der Waals surface area (Å²) in [5.41, 5.74) is 2.14. The predicted octanol–water partition coefficient (Wildman–Crippen LogP) is 5.01. The third-order valence-corrected chi connectivity index (χ3v) is 9.17. The van der Waals surface area contributed by atoms with Crippen molar-refractivity contribution in [3.05, 3.63) is 72.1 Å². The summed E-state index contributed by atoms with van der Waals surface area (Å²) in [7, 11) is 0. The van der Waals surface area contributed by atoms with Gasteiger partial charge in [0.25, 0.3) is 0 Å². The van der Waals surface area contributed by atoms with E-state index in [4.69, 9.17) is 4.98 Å². The van der Waals surface area contributed by atoms with Gasteiger partial charge in [-0.2, -0.15) is 0 Å². The molecule has 3 aromatic rings. The Hall–Kier alpha value is -2.77. The second kappa shape index (κ2) is 10.5. The first-order valence-electron chi connectivity index (χ1n) is 13.9. The van der Waals surface area contributed by atoms with Gasteiger partial charge in [0.05, 0.1) is 11.7 Å². The summed E-state index contributed by atoms with van der Waals surface area (Å²) in [5.74, 6) is 1.64. The fourth-order valence-electron chi connectivity index (χ4n) is 6.88. The molecule has 0 bridgehead atoms. The van der Waals surface area contributed by atoms with Gasteiger partial charge in [-0.05, 0) is 74.0 Å². The van der Waals surface area contributed by atoms with E-state index >= 15 is 0 Å². The fraction of sp³-hybridized carbons (Fsp3) is 0.533. The number of hydrogen-bond donors (Lipinski definition) is 1. The van der Waals surface area contributed by atoms with E-state index in [1.54, 1.807) is 12.1 Å². The lowest BCUT2D eigenvalue weighted by Gasteiger charge is -2.34. The van der Waals surface area contributed by atoms with E-state index in [0.29, 0.717) is 18.4 Å².